The van der Waals surface area contributed by atoms with Crippen molar-refractivity contribution in [2.24, 2.45) is 0 Å². The summed E-state index contributed by atoms with van der Waals surface area (Å²) in [5, 5.41) is 3.54. The van der Waals surface area contributed by atoms with Gasteiger partial charge in [0.1, 0.15) is 0 Å². The van der Waals surface area contributed by atoms with Crippen LogP contribution in [0.2, 0.25) is 5.02 Å². The number of halogens is 1. The van der Waals surface area contributed by atoms with Gasteiger partial charge in [-0.3, -0.25) is 4.79 Å². The number of carbonyl (C=O) groups is 1. The second-order valence-electron chi connectivity index (χ2n) is 4.12. The molecule has 0 aromatic heterocycles. The van der Waals surface area contributed by atoms with Gasteiger partial charge in [0, 0.05) is 10.7 Å². The van der Waals surface area contributed by atoms with Gasteiger partial charge in [-0.2, -0.15) is 0 Å². The van der Waals surface area contributed by atoms with Crippen LogP contribution >= 0.6 is 11.6 Å². The summed E-state index contributed by atoms with van der Waals surface area (Å²) in [6.45, 7) is 1.89. The molecule has 2 aromatic rings. The predicted molar refractivity (Wildman–Crippen MR) is 75.0 cm³/mol. The summed E-state index contributed by atoms with van der Waals surface area (Å²) in [5.41, 5.74) is 2.65. The molecule has 0 radical (unpaired) electrons. The van der Waals surface area contributed by atoms with E-state index in [2.05, 4.69) is 5.32 Å². The van der Waals surface area contributed by atoms with Crippen LogP contribution in [0.1, 0.15) is 11.1 Å². The van der Waals surface area contributed by atoms with Gasteiger partial charge >= 0.3 is 0 Å². The standard InChI is InChI=1S/C15H14ClNO/c1-11-13(16)8-5-9-14(11)17-15(18)10-12-6-3-2-4-7-12/h2-9H,10H2,1H3,(H,17,18). The van der Waals surface area contributed by atoms with Crippen LogP contribution in [-0.2, 0) is 11.2 Å². The number of anilines is 1. The minimum absolute atomic E-state index is 0.0356. The molecule has 92 valence electrons. The fraction of sp³-hybridized carbons (Fsp3) is 0.133. The van der Waals surface area contributed by atoms with E-state index in [1.165, 1.54) is 0 Å². The molecule has 2 nitrogen and oxygen atoms in total. The molecule has 0 saturated heterocycles. The van der Waals surface area contributed by atoms with E-state index in [1.54, 1.807) is 0 Å². The van der Waals surface area contributed by atoms with Crippen LogP contribution in [0.4, 0.5) is 5.69 Å². The highest BCUT2D eigenvalue weighted by Gasteiger charge is 2.07. The van der Waals surface area contributed by atoms with Gasteiger partial charge in [0.2, 0.25) is 5.91 Å². The average molecular weight is 260 g/mol. The van der Waals surface area contributed by atoms with Crippen molar-refractivity contribution >= 4 is 23.2 Å². The molecule has 0 bridgehead atoms. The van der Waals surface area contributed by atoms with Crippen molar-refractivity contribution in [2.75, 3.05) is 5.32 Å². The lowest BCUT2D eigenvalue weighted by atomic mass is 10.1. The number of rotatable bonds is 3. The Morgan fingerprint density at radius 1 is 1.11 bits per heavy atom. The molecular formula is C15H14ClNO. The van der Waals surface area contributed by atoms with E-state index in [1.807, 2.05) is 55.5 Å². The van der Waals surface area contributed by atoms with Crippen molar-refractivity contribution in [3.05, 3.63) is 64.7 Å². The monoisotopic (exact) mass is 259 g/mol. The molecule has 2 rings (SSSR count). The van der Waals surface area contributed by atoms with Crippen molar-refractivity contribution in [3.63, 3.8) is 0 Å². The zero-order valence-electron chi connectivity index (χ0n) is 10.1. The minimum atomic E-state index is -0.0356. The van der Waals surface area contributed by atoms with Gasteiger partial charge in [-0.1, -0.05) is 48.0 Å². The largest absolute Gasteiger partial charge is 0.326 e. The van der Waals surface area contributed by atoms with Crippen LogP contribution < -0.4 is 5.32 Å². The third-order valence-electron chi connectivity index (χ3n) is 2.75. The molecule has 0 saturated carbocycles. The van der Waals surface area contributed by atoms with Gasteiger partial charge < -0.3 is 5.32 Å². The molecule has 0 unspecified atom stereocenters. The van der Waals surface area contributed by atoms with Crippen LogP contribution in [0.25, 0.3) is 0 Å². The number of amides is 1. The fourth-order valence-electron chi connectivity index (χ4n) is 1.72. The van der Waals surface area contributed by atoms with E-state index < -0.39 is 0 Å². The Morgan fingerprint density at radius 3 is 2.56 bits per heavy atom. The van der Waals surface area contributed by atoms with E-state index in [4.69, 9.17) is 11.6 Å². The molecule has 0 aliphatic heterocycles. The zero-order valence-corrected chi connectivity index (χ0v) is 10.9. The maximum atomic E-state index is 11.9. The summed E-state index contributed by atoms with van der Waals surface area (Å²) in [6.07, 6.45) is 0.368. The first-order chi connectivity index (χ1) is 8.66. The Morgan fingerprint density at radius 2 is 1.83 bits per heavy atom. The lowest BCUT2D eigenvalue weighted by Crippen LogP contribution is -2.15. The van der Waals surface area contributed by atoms with Gasteiger partial charge in [-0.25, -0.2) is 0 Å². The molecule has 18 heavy (non-hydrogen) atoms. The van der Waals surface area contributed by atoms with E-state index >= 15 is 0 Å². The molecule has 0 aliphatic carbocycles. The van der Waals surface area contributed by atoms with Crippen LogP contribution in [0.15, 0.2) is 48.5 Å². The molecule has 3 heteroatoms. The molecule has 0 fully saturated rings. The first-order valence-electron chi connectivity index (χ1n) is 5.75. The lowest BCUT2D eigenvalue weighted by Gasteiger charge is -2.09. The Kier molecular flexibility index (Phi) is 4.00. The maximum Gasteiger partial charge on any atom is 0.228 e. The number of hydrogen-bond acceptors (Lipinski definition) is 1. The van der Waals surface area contributed by atoms with Crippen molar-refractivity contribution in [2.45, 2.75) is 13.3 Å². The normalized spacial score (nSPS) is 10.1. The summed E-state index contributed by atoms with van der Waals surface area (Å²) < 4.78 is 0. The number of carbonyl (C=O) groups excluding carboxylic acids is 1. The van der Waals surface area contributed by atoms with Gasteiger partial charge in [-0.05, 0) is 30.2 Å². The van der Waals surface area contributed by atoms with Gasteiger partial charge in [0.15, 0.2) is 0 Å². The number of nitrogens with one attached hydrogen (secondary N) is 1. The zero-order chi connectivity index (χ0) is 13.0. The van der Waals surface area contributed by atoms with Crippen LogP contribution in [0, 0.1) is 6.92 Å². The topological polar surface area (TPSA) is 29.1 Å². The highest BCUT2D eigenvalue weighted by molar-refractivity contribution is 6.31. The van der Waals surface area contributed by atoms with E-state index in [-0.39, 0.29) is 5.91 Å². The number of hydrogen-bond donors (Lipinski definition) is 1. The van der Waals surface area contributed by atoms with Crippen molar-refractivity contribution < 1.29 is 4.79 Å². The van der Waals surface area contributed by atoms with E-state index in [0.717, 1.165) is 16.8 Å². The fourth-order valence-corrected chi connectivity index (χ4v) is 1.89. The Labute approximate surface area is 112 Å². The van der Waals surface area contributed by atoms with Gasteiger partial charge in [-0.15, -0.1) is 0 Å². The Bertz CT molecular complexity index is 552. The quantitative estimate of drug-likeness (QED) is 0.892. The molecule has 0 aliphatic rings. The third kappa shape index (κ3) is 3.11. The second-order valence-corrected chi connectivity index (χ2v) is 4.53. The minimum Gasteiger partial charge on any atom is -0.326 e. The lowest BCUT2D eigenvalue weighted by molar-refractivity contribution is -0.115. The van der Waals surface area contributed by atoms with Crippen molar-refractivity contribution in [1.29, 1.82) is 0 Å². The summed E-state index contributed by atoms with van der Waals surface area (Å²) in [7, 11) is 0. The summed E-state index contributed by atoms with van der Waals surface area (Å²) in [6, 6.07) is 15.1. The van der Waals surface area contributed by atoms with Gasteiger partial charge in [0.25, 0.3) is 0 Å². The molecular weight excluding hydrogens is 246 g/mol. The SMILES string of the molecule is Cc1c(Cl)cccc1NC(=O)Cc1ccccc1. The van der Waals surface area contributed by atoms with Crippen LogP contribution in [0.5, 0.6) is 0 Å². The molecule has 1 amide bonds. The van der Waals surface area contributed by atoms with Gasteiger partial charge in [0.05, 0.1) is 6.42 Å². The molecule has 0 heterocycles. The van der Waals surface area contributed by atoms with Crippen LogP contribution in [0.3, 0.4) is 0 Å². The third-order valence-corrected chi connectivity index (χ3v) is 3.16. The summed E-state index contributed by atoms with van der Waals surface area (Å²) in [4.78, 5) is 11.9. The Hall–Kier alpha value is -1.80. The maximum absolute atomic E-state index is 11.9. The summed E-state index contributed by atoms with van der Waals surface area (Å²) >= 11 is 6.01. The first kappa shape index (κ1) is 12.7. The van der Waals surface area contributed by atoms with Crippen LogP contribution in [-0.4, -0.2) is 5.91 Å². The molecule has 0 spiro atoms. The highest BCUT2D eigenvalue weighted by atomic mass is 35.5. The summed E-state index contributed by atoms with van der Waals surface area (Å²) in [5.74, 6) is -0.0356. The van der Waals surface area contributed by atoms with E-state index in [0.29, 0.717) is 11.4 Å². The Balaban J connectivity index is 2.06. The van der Waals surface area contributed by atoms with Crippen molar-refractivity contribution in [3.8, 4) is 0 Å². The van der Waals surface area contributed by atoms with Crippen molar-refractivity contribution in [1.82, 2.24) is 0 Å². The van der Waals surface area contributed by atoms with E-state index in [9.17, 15) is 4.79 Å². The molecule has 2 aromatic carbocycles. The second kappa shape index (κ2) is 5.69. The predicted octanol–water partition coefficient (Wildman–Crippen LogP) is 3.83. The molecule has 0 atom stereocenters. The smallest absolute Gasteiger partial charge is 0.228 e. The molecule has 1 N–H and O–H groups in total. The first-order valence-corrected chi connectivity index (χ1v) is 6.13. The highest BCUT2D eigenvalue weighted by Crippen LogP contribution is 2.22. The average Bonchev–Trinajstić information content (AvgIpc) is 2.36. The number of benzene rings is 2.